The lowest BCUT2D eigenvalue weighted by atomic mass is 9.82. The van der Waals surface area contributed by atoms with Crippen molar-refractivity contribution in [3.05, 3.63) is 29.8 Å². The summed E-state index contributed by atoms with van der Waals surface area (Å²) >= 11 is 0. The van der Waals surface area contributed by atoms with E-state index in [0.29, 0.717) is 5.41 Å². The Morgan fingerprint density at radius 2 is 1.67 bits per heavy atom. The van der Waals surface area contributed by atoms with Crippen LogP contribution in [-0.4, -0.2) is 12.2 Å². The van der Waals surface area contributed by atoms with Gasteiger partial charge >= 0.3 is 0 Å². The topological polar surface area (TPSA) is 29.5 Å². The molecule has 0 radical (unpaired) electrons. The van der Waals surface area contributed by atoms with Gasteiger partial charge in [-0.3, -0.25) is 0 Å². The van der Waals surface area contributed by atoms with Crippen molar-refractivity contribution >= 4 is 0 Å². The van der Waals surface area contributed by atoms with Crippen molar-refractivity contribution in [3.63, 3.8) is 0 Å². The third-order valence-electron chi connectivity index (χ3n) is 4.29. The molecule has 1 aliphatic rings. The predicted molar refractivity (Wildman–Crippen MR) is 73.8 cm³/mol. The maximum atomic E-state index is 10.9. The molecule has 1 atom stereocenters. The number of rotatable bonds is 2. The molecular weight excluding hydrogens is 224 g/mol. The molecule has 1 saturated carbocycles. The van der Waals surface area contributed by atoms with Crippen molar-refractivity contribution in [1.29, 1.82) is 0 Å². The van der Waals surface area contributed by atoms with E-state index in [4.69, 9.17) is 4.74 Å². The van der Waals surface area contributed by atoms with E-state index < -0.39 is 5.60 Å². The van der Waals surface area contributed by atoms with Gasteiger partial charge in [0, 0.05) is 0 Å². The van der Waals surface area contributed by atoms with E-state index in [1.165, 1.54) is 6.42 Å². The van der Waals surface area contributed by atoms with Gasteiger partial charge in [0.05, 0.1) is 12.7 Å². The van der Waals surface area contributed by atoms with E-state index in [0.717, 1.165) is 37.0 Å². The molecule has 0 aliphatic heterocycles. The van der Waals surface area contributed by atoms with E-state index in [-0.39, 0.29) is 0 Å². The molecule has 1 aliphatic carbocycles. The molecule has 0 bridgehead atoms. The summed E-state index contributed by atoms with van der Waals surface area (Å²) in [5, 5.41) is 10.9. The van der Waals surface area contributed by atoms with Crippen molar-refractivity contribution in [2.24, 2.45) is 5.41 Å². The van der Waals surface area contributed by atoms with Crippen LogP contribution in [0.4, 0.5) is 0 Å². The van der Waals surface area contributed by atoms with Crippen LogP contribution in [0.15, 0.2) is 24.3 Å². The van der Waals surface area contributed by atoms with Crippen molar-refractivity contribution < 1.29 is 9.84 Å². The number of ether oxygens (including phenoxy) is 1. The number of benzene rings is 1. The third kappa shape index (κ3) is 2.86. The van der Waals surface area contributed by atoms with Gasteiger partial charge in [0.2, 0.25) is 0 Å². The van der Waals surface area contributed by atoms with E-state index in [1.54, 1.807) is 7.11 Å². The summed E-state index contributed by atoms with van der Waals surface area (Å²) in [7, 11) is 1.66. The summed E-state index contributed by atoms with van der Waals surface area (Å²) in [4.78, 5) is 0. The van der Waals surface area contributed by atoms with Crippen LogP contribution >= 0.6 is 0 Å². The first-order valence-electron chi connectivity index (χ1n) is 6.82. The molecule has 0 aromatic heterocycles. The van der Waals surface area contributed by atoms with Gasteiger partial charge in [-0.1, -0.05) is 26.0 Å². The fraction of sp³-hybridized carbons (Fsp3) is 0.625. The second-order valence-corrected chi connectivity index (χ2v) is 6.28. The minimum absolute atomic E-state index is 0.358. The summed E-state index contributed by atoms with van der Waals surface area (Å²) in [6.07, 6.45) is 5.09. The van der Waals surface area contributed by atoms with Crippen molar-refractivity contribution in [1.82, 2.24) is 0 Å². The molecule has 0 spiro atoms. The molecule has 100 valence electrons. The molecule has 1 unspecified atom stereocenters. The van der Waals surface area contributed by atoms with Crippen LogP contribution in [0.25, 0.3) is 0 Å². The summed E-state index contributed by atoms with van der Waals surface area (Å²) in [5.41, 5.74) is 0.734. The molecule has 2 heteroatoms. The Balaban J connectivity index is 2.19. The highest BCUT2D eigenvalue weighted by Crippen LogP contribution is 2.42. The summed E-state index contributed by atoms with van der Waals surface area (Å²) in [6.45, 7) is 4.60. The maximum absolute atomic E-state index is 10.9. The SMILES string of the molecule is COc1ccc(C2(O)CCCC(C)(C)CC2)cc1. The van der Waals surface area contributed by atoms with Gasteiger partial charge in [-0.2, -0.15) is 0 Å². The lowest BCUT2D eigenvalue weighted by Crippen LogP contribution is -2.25. The van der Waals surface area contributed by atoms with E-state index in [2.05, 4.69) is 13.8 Å². The molecule has 1 N–H and O–H groups in total. The van der Waals surface area contributed by atoms with E-state index >= 15 is 0 Å². The first-order valence-corrected chi connectivity index (χ1v) is 6.82. The van der Waals surface area contributed by atoms with E-state index in [1.807, 2.05) is 24.3 Å². The largest absolute Gasteiger partial charge is 0.497 e. The minimum Gasteiger partial charge on any atom is -0.497 e. The summed E-state index contributed by atoms with van der Waals surface area (Å²) < 4.78 is 5.17. The highest BCUT2D eigenvalue weighted by molar-refractivity contribution is 5.31. The molecule has 0 saturated heterocycles. The average molecular weight is 248 g/mol. The molecule has 1 aromatic carbocycles. The fourth-order valence-corrected chi connectivity index (χ4v) is 2.84. The third-order valence-corrected chi connectivity index (χ3v) is 4.29. The second-order valence-electron chi connectivity index (χ2n) is 6.28. The van der Waals surface area contributed by atoms with E-state index in [9.17, 15) is 5.11 Å². The quantitative estimate of drug-likeness (QED) is 0.805. The lowest BCUT2D eigenvalue weighted by Gasteiger charge is -2.28. The Kier molecular flexibility index (Phi) is 3.67. The Labute approximate surface area is 110 Å². The normalized spacial score (nSPS) is 27.6. The number of hydrogen-bond donors (Lipinski definition) is 1. The average Bonchev–Trinajstić information content (AvgIpc) is 2.50. The zero-order valence-corrected chi connectivity index (χ0v) is 11.7. The van der Waals surface area contributed by atoms with Crippen LogP contribution in [0.5, 0.6) is 5.75 Å². The fourth-order valence-electron chi connectivity index (χ4n) is 2.84. The Morgan fingerprint density at radius 1 is 1.00 bits per heavy atom. The van der Waals surface area contributed by atoms with Gasteiger partial charge in [-0.15, -0.1) is 0 Å². The number of aliphatic hydroxyl groups is 1. The first-order chi connectivity index (χ1) is 8.45. The minimum atomic E-state index is -0.653. The van der Waals surface area contributed by atoms with Crippen LogP contribution in [0.2, 0.25) is 0 Å². The Morgan fingerprint density at radius 3 is 2.28 bits per heavy atom. The Bertz CT molecular complexity index is 394. The smallest absolute Gasteiger partial charge is 0.118 e. The maximum Gasteiger partial charge on any atom is 0.118 e. The zero-order valence-electron chi connectivity index (χ0n) is 11.7. The van der Waals surface area contributed by atoms with Gasteiger partial charge in [0.1, 0.15) is 5.75 Å². The molecular formula is C16H24O2. The monoisotopic (exact) mass is 248 g/mol. The second kappa shape index (κ2) is 4.93. The number of methoxy groups -OCH3 is 1. The van der Waals surface area contributed by atoms with Gasteiger partial charge < -0.3 is 9.84 Å². The van der Waals surface area contributed by atoms with Crippen molar-refractivity contribution in [2.75, 3.05) is 7.11 Å². The molecule has 1 aromatic rings. The highest BCUT2D eigenvalue weighted by atomic mass is 16.5. The van der Waals surface area contributed by atoms with Gasteiger partial charge in [0.15, 0.2) is 0 Å². The zero-order chi connectivity index (χ0) is 13.2. The van der Waals surface area contributed by atoms with Crippen LogP contribution in [0.3, 0.4) is 0 Å². The van der Waals surface area contributed by atoms with Crippen LogP contribution < -0.4 is 4.74 Å². The molecule has 0 heterocycles. The highest BCUT2D eigenvalue weighted by Gasteiger charge is 2.35. The number of hydrogen-bond acceptors (Lipinski definition) is 2. The summed E-state index contributed by atoms with van der Waals surface area (Å²) in [6, 6.07) is 7.86. The Hall–Kier alpha value is -1.02. The van der Waals surface area contributed by atoms with Crippen molar-refractivity contribution in [3.8, 4) is 5.75 Å². The summed E-state index contributed by atoms with van der Waals surface area (Å²) in [5.74, 6) is 0.844. The predicted octanol–water partition coefficient (Wildman–Crippen LogP) is 3.87. The van der Waals surface area contributed by atoms with Gasteiger partial charge in [0.25, 0.3) is 0 Å². The molecule has 2 nitrogen and oxygen atoms in total. The molecule has 0 amide bonds. The molecule has 1 fully saturated rings. The van der Waals surface area contributed by atoms with Crippen LogP contribution in [-0.2, 0) is 5.60 Å². The molecule has 2 rings (SSSR count). The lowest BCUT2D eigenvalue weighted by molar-refractivity contribution is 0.0180. The van der Waals surface area contributed by atoms with Gasteiger partial charge in [-0.05, 0) is 55.2 Å². The van der Waals surface area contributed by atoms with Gasteiger partial charge in [-0.25, -0.2) is 0 Å². The van der Waals surface area contributed by atoms with Crippen molar-refractivity contribution in [2.45, 2.75) is 51.6 Å². The van der Waals surface area contributed by atoms with Crippen LogP contribution in [0.1, 0.15) is 51.5 Å². The standard InChI is InChI=1S/C16H24O2/c1-15(2)9-4-10-16(17,12-11-15)13-5-7-14(18-3)8-6-13/h5-8,17H,4,9-12H2,1-3H3. The first kappa shape index (κ1) is 13.4. The van der Waals surface area contributed by atoms with Crippen LogP contribution in [0, 0.1) is 5.41 Å². The molecule has 18 heavy (non-hydrogen) atoms.